The van der Waals surface area contributed by atoms with Crippen molar-refractivity contribution in [2.24, 2.45) is 0 Å². The van der Waals surface area contributed by atoms with Crippen LogP contribution in [0.25, 0.3) is 0 Å². The number of nitrogens with one attached hydrogen (secondary N) is 1. The Morgan fingerprint density at radius 2 is 1.37 bits per heavy atom. The average Bonchev–Trinajstić information content (AvgIpc) is 2.72. The molecule has 0 aliphatic heterocycles. The van der Waals surface area contributed by atoms with Crippen LogP contribution in [0, 0.1) is 5.82 Å². The van der Waals surface area contributed by atoms with Gasteiger partial charge in [0.05, 0.1) is 20.3 Å². The lowest BCUT2D eigenvalue weighted by molar-refractivity contribution is 0.0942. The van der Waals surface area contributed by atoms with E-state index < -0.39 is 11.9 Å². The number of halogens is 1. The molecule has 0 heterocycles. The molecule has 0 bridgehead atoms. The van der Waals surface area contributed by atoms with E-state index in [0.29, 0.717) is 0 Å². The Morgan fingerprint density at radius 1 is 0.852 bits per heavy atom. The number of methoxy groups -OCH3 is 2. The first-order chi connectivity index (χ1) is 13.1. The molecule has 3 aromatic carbocycles. The first-order valence-corrected chi connectivity index (χ1v) is 8.45. The molecular weight excluding hydrogens is 345 g/mol. The van der Waals surface area contributed by atoms with Gasteiger partial charge in [0.1, 0.15) is 17.3 Å². The number of amides is 1. The van der Waals surface area contributed by atoms with Crippen LogP contribution >= 0.6 is 0 Å². The van der Waals surface area contributed by atoms with Gasteiger partial charge in [0.15, 0.2) is 0 Å². The Kier molecular flexibility index (Phi) is 5.71. The normalized spacial score (nSPS) is 10.5. The van der Waals surface area contributed by atoms with Crippen LogP contribution in [0.2, 0.25) is 0 Å². The first-order valence-electron chi connectivity index (χ1n) is 8.45. The van der Waals surface area contributed by atoms with Crippen molar-refractivity contribution in [1.29, 1.82) is 0 Å². The number of hydrogen-bond donors (Lipinski definition) is 1. The van der Waals surface area contributed by atoms with Gasteiger partial charge in [-0.3, -0.25) is 4.79 Å². The molecule has 3 aromatic rings. The molecule has 0 saturated heterocycles. The SMILES string of the molecule is COc1ccc(C(NC(=O)c2cccc(F)c2)c2ccc(OC)cc2)cc1. The molecule has 0 fully saturated rings. The molecule has 5 heteroatoms. The Balaban J connectivity index is 1.94. The van der Waals surface area contributed by atoms with E-state index in [1.54, 1.807) is 20.3 Å². The van der Waals surface area contributed by atoms with Crippen molar-refractivity contribution >= 4 is 5.91 Å². The molecule has 1 N–H and O–H groups in total. The quantitative estimate of drug-likeness (QED) is 0.706. The van der Waals surface area contributed by atoms with Crippen LogP contribution in [-0.4, -0.2) is 20.1 Å². The first kappa shape index (κ1) is 18.5. The van der Waals surface area contributed by atoms with Gasteiger partial charge >= 0.3 is 0 Å². The van der Waals surface area contributed by atoms with Crippen molar-refractivity contribution in [3.8, 4) is 11.5 Å². The summed E-state index contributed by atoms with van der Waals surface area (Å²) in [4.78, 5) is 12.7. The van der Waals surface area contributed by atoms with E-state index in [9.17, 15) is 9.18 Å². The molecular formula is C22H20FNO3. The van der Waals surface area contributed by atoms with E-state index in [-0.39, 0.29) is 11.5 Å². The lowest BCUT2D eigenvalue weighted by Crippen LogP contribution is -2.29. The summed E-state index contributed by atoms with van der Waals surface area (Å²) in [6, 6.07) is 20.1. The van der Waals surface area contributed by atoms with Crippen molar-refractivity contribution in [1.82, 2.24) is 5.32 Å². The van der Waals surface area contributed by atoms with Gasteiger partial charge in [-0.2, -0.15) is 0 Å². The highest BCUT2D eigenvalue weighted by Gasteiger charge is 2.18. The number of hydrogen-bond acceptors (Lipinski definition) is 3. The molecule has 1 amide bonds. The second kappa shape index (κ2) is 8.36. The standard InChI is InChI=1S/C22H20FNO3/c1-26-19-10-6-15(7-11-19)21(16-8-12-20(27-2)13-9-16)24-22(25)17-4-3-5-18(23)14-17/h3-14,21H,1-2H3,(H,24,25). The minimum Gasteiger partial charge on any atom is -0.497 e. The second-order valence-corrected chi connectivity index (χ2v) is 5.96. The van der Waals surface area contributed by atoms with Gasteiger partial charge in [0, 0.05) is 5.56 Å². The predicted octanol–water partition coefficient (Wildman–Crippen LogP) is 4.36. The monoisotopic (exact) mass is 365 g/mol. The average molecular weight is 365 g/mol. The summed E-state index contributed by atoms with van der Waals surface area (Å²) in [6.07, 6.45) is 0. The topological polar surface area (TPSA) is 47.6 Å². The summed E-state index contributed by atoms with van der Waals surface area (Å²) < 4.78 is 23.9. The highest BCUT2D eigenvalue weighted by molar-refractivity contribution is 5.94. The molecule has 0 aliphatic carbocycles. The van der Waals surface area contributed by atoms with Gasteiger partial charge in [0.2, 0.25) is 0 Å². The zero-order valence-corrected chi connectivity index (χ0v) is 15.1. The maximum atomic E-state index is 13.5. The second-order valence-electron chi connectivity index (χ2n) is 5.96. The van der Waals surface area contributed by atoms with Gasteiger partial charge in [-0.05, 0) is 53.6 Å². The number of rotatable bonds is 6. The van der Waals surface area contributed by atoms with Crippen molar-refractivity contribution in [2.75, 3.05) is 14.2 Å². The van der Waals surface area contributed by atoms with Gasteiger partial charge in [-0.25, -0.2) is 4.39 Å². The van der Waals surface area contributed by atoms with E-state index in [2.05, 4.69) is 5.32 Å². The Labute approximate surface area is 157 Å². The minimum absolute atomic E-state index is 0.266. The molecule has 138 valence electrons. The number of carbonyl (C=O) groups is 1. The molecule has 0 aliphatic rings. The van der Waals surface area contributed by atoms with Gasteiger partial charge in [-0.1, -0.05) is 30.3 Å². The highest BCUT2D eigenvalue weighted by Crippen LogP contribution is 2.26. The molecule has 0 spiro atoms. The summed E-state index contributed by atoms with van der Waals surface area (Å²) in [7, 11) is 3.20. The van der Waals surface area contributed by atoms with E-state index in [0.717, 1.165) is 22.6 Å². The van der Waals surface area contributed by atoms with E-state index in [4.69, 9.17) is 9.47 Å². The van der Waals surface area contributed by atoms with Crippen molar-refractivity contribution in [3.05, 3.63) is 95.3 Å². The zero-order valence-electron chi connectivity index (χ0n) is 15.1. The largest absolute Gasteiger partial charge is 0.497 e. The number of benzene rings is 3. The molecule has 0 saturated carbocycles. The minimum atomic E-state index is -0.451. The van der Waals surface area contributed by atoms with Crippen LogP contribution in [-0.2, 0) is 0 Å². The third kappa shape index (κ3) is 4.44. The number of ether oxygens (including phenoxy) is 2. The summed E-state index contributed by atoms with van der Waals surface area (Å²) in [6.45, 7) is 0. The van der Waals surface area contributed by atoms with Crippen LogP contribution < -0.4 is 14.8 Å². The van der Waals surface area contributed by atoms with Crippen LogP contribution in [0.15, 0.2) is 72.8 Å². The van der Waals surface area contributed by atoms with Gasteiger partial charge < -0.3 is 14.8 Å². The lowest BCUT2D eigenvalue weighted by atomic mass is 9.98. The van der Waals surface area contributed by atoms with Gasteiger partial charge in [0.25, 0.3) is 5.91 Å². The third-order valence-electron chi connectivity index (χ3n) is 4.26. The van der Waals surface area contributed by atoms with Crippen LogP contribution in [0.3, 0.4) is 0 Å². The Bertz CT molecular complexity index is 860. The fraction of sp³-hybridized carbons (Fsp3) is 0.136. The molecule has 27 heavy (non-hydrogen) atoms. The maximum Gasteiger partial charge on any atom is 0.252 e. The fourth-order valence-electron chi connectivity index (χ4n) is 2.80. The van der Waals surface area contributed by atoms with Crippen molar-refractivity contribution in [2.45, 2.75) is 6.04 Å². The third-order valence-corrected chi connectivity index (χ3v) is 4.26. The summed E-state index contributed by atoms with van der Waals surface area (Å²) in [5, 5.41) is 2.98. The Morgan fingerprint density at radius 3 is 1.81 bits per heavy atom. The highest BCUT2D eigenvalue weighted by atomic mass is 19.1. The molecule has 3 rings (SSSR count). The lowest BCUT2D eigenvalue weighted by Gasteiger charge is -2.20. The van der Waals surface area contributed by atoms with Crippen LogP contribution in [0.4, 0.5) is 4.39 Å². The summed E-state index contributed by atoms with van der Waals surface area (Å²) in [5.74, 6) is 0.645. The maximum absolute atomic E-state index is 13.5. The molecule has 0 aromatic heterocycles. The fourth-order valence-corrected chi connectivity index (χ4v) is 2.80. The van der Waals surface area contributed by atoms with Crippen LogP contribution in [0.5, 0.6) is 11.5 Å². The van der Waals surface area contributed by atoms with E-state index in [1.165, 1.54) is 18.2 Å². The molecule has 0 radical (unpaired) electrons. The van der Waals surface area contributed by atoms with E-state index in [1.807, 2.05) is 48.5 Å². The molecule has 0 atom stereocenters. The van der Waals surface area contributed by atoms with Crippen LogP contribution in [0.1, 0.15) is 27.5 Å². The molecule has 4 nitrogen and oxygen atoms in total. The summed E-state index contributed by atoms with van der Waals surface area (Å²) >= 11 is 0. The number of carbonyl (C=O) groups excluding carboxylic acids is 1. The zero-order chi connectivity index (χ0) is 19.2. The van der Waals surface area contributed by atoms with E-state index >= 15 is 0 Å². The van der Waals surface area contributed by atoms with Gasteiger partial charge in [-0.15, -0.1) is 0 Å². The smallest absolute Gasteiger partial charge is 0.252 e. The predicted molar refractivity (Wildman–Crippen MR) is 102 cm³/mol. The van der Waals surface area contributed by atoms with Crippen molar-refractivity contribution in [3.63, 3.8) is 0 Å². The summed E-state index contributed by atoms with van der Waals surface area (Å²) in [5.41, 5.74) is 2.03. The van der Waals surface area contributed by atoms with Crippen molar-refractivity contribution < 1.29 is 18.7 Å². The Hall–Kier alpha value is -3.34. The molecule has 0 unspecified atom stereocenters.